The van der Waals surface area contributed by atoms with Crippen molar-refractivity contribution in [1.82, 2.24) is 0 Å². The molecule has 0 aromatic heterocycles. The quantitative estimate of drug-likeness (QED) is 0.591. The summed E-state index contributed by atoms with van der Waals surface area (Å²) in [5.74, 6) is 5.12. The topological polar surface area (TPSA) is 17.1 Å². The minimum Gasteiger partial charge on any atom is -0.300 e. The lowest BCUT2D eigenvalue weighted by molar-refractivity contribution is -0.134. The molecule has 8 atom stereocenters. The molecule has 0 aromatic rings. The zero-order valence-electron chi connectivity index (χ0n) is 15.7. The second kappa shape index (κ2) is 5.33. The predicted molar refractivity (Wildman–Crippen MR) is 95.1 cm³/mol. The molecule has 1 nitrogen and oxygen atoms in total. The highest BCUT2D eigenvalue weighted by molar-refractivity contribution is 5.80. The molecule has 23 heavy (non-hydrogen) atoms. The molecule has 2 unspecified atom stereocenters. The minimum absolute atomic E-state index is 0.310. The van der Waals surface area contributed by atoms with E-state index in [1.165, 1.54) is 57.8 Å². The highest BCUT2D eigenvalue weighted by Crippen LogP contribution is 2.68. The lowest BCUT2D eigenvalue weighted by atomic mass is 9.45. The third kappa shape index (κ3) is 2.13. The van der Waals surface area contributed by atoms with Crippen LogP contribution < -0.4 is 0 Å². The Kier molecular flexibility index (Phi) is 3.75. The van der Waals surface area contributed by atoms with Crippen LogP contribution in [0.4, 0.5) is 0 Å². The summed E-state index contributed by atoms with van der Waals surface area (Å²) < 4.78 is 0. The van der Waals surface area contributed by atoms with Gasteiger partial charge in [-0.25, -0.2) is 0 Å². The van der Waals surface area contributed by atoms with Crippen molar-refractivity contribution < 1.29 is 4.79 Å². The van der Waals surface area contributed by atoms with E-state index in [9.17, 15) is 4.79 Å². The standard InChI is InChI=1S/C22H36O/c1-14-13-19-17-9-8-16-7-5-6-11-21(16,3)18(17)10-12-22(19,4)20(14)15(2)23/h14,16-20H,5-13H2,1-4H3/t14?,16?,17-,18+,19+,20-,21+,22+/m1/s1. The van der Waals surface area contributed by atoms with Crippen LogP contribution in [0.5, 0.6) is 0 Å². The molecular formula is C22H36O. The first-order chi connectivity index (χ1) is 10.9. The molecular weight excluding hydrogens is 280 g/mol. The van der Waals surface area contributed by atoms with Gasteiger partial charge in [-0.1, -0.05) is 33.6 Å². The lowest BCUT2D eigenvalue weighted by Crippen LogP contribution is -2.53. The number of hydrogen-bond acceptors (Lipinski definition) is 1. The van der Waals surface area contributed by atoms with Gasteiger partial charge in [-0.05, 0) is 92.3 Å². The molecule has 4 rings (SSSR count). The monoisotopic (exact) mass is 316 g/mol. The smallest absolute Gasteiger partial charge is 0.133 e. The van der Waals surface area contributed by atoms with Gasteiger partial charge in [0, 0.05) is 5.92 Å². The van der Waals surface area contributed by atoms with Crippen molar-refractivity contribution in [1.29, 1.82) is 0 Å². The maximum Gasteiger partial charge on any atom is 0.133 e. The molecule has 0 saturated heterocycles. The first-order valence-electron chi connectivity index (χ1n) is 10.4. The molecule has 0 amide bonds. The maximum atomic E-state index is 12.4. The molecule has 4 saturated carbocycles. The van der Waals surface area contributed by atoms with Crippen LogP contribution in [0.3, 0.4) is 0 Å². The SMILES string of the molecule is CC(=O)[C@H]1C(C)C[C@H]2[C@@H]3CCC4CCCC[C@]4(C)[C@H]3CC[C@]12C. The zero-order chi connectivity index (χ0) is 16.4. The van der Waals surface area contributed by atoms with Gasteiger partial charge in [-0.3, -0.25) is 4.79 Å². The second-order valence-corrected chi connectivity index (χ2v) is 10.2. The second-order valence-electron chi connectivity index (χ2n) is 10.2. The Morgan fingerprint density at radius 3 is 2.43 bits per heavy atom. The molecule has 0 radical (unpaired) electrons. The average Bonchev–Trinajstić information content (AvgIpc) is 2.77. The molecule has 0 bridgehead atoms. The van der Waals surface area contributed by atoms with Crippen LogP contribution in [0.25, 0.3) is 0 Å². The fraction of sp³-hybridized carbons (Fsp3) is 0.955. The number of fused-ring (bicyclic) bond motifs is 5. The Balaban J connectivity index is 1.66. The summed E-state index contributed by atoms with van der Waals surface area (Å²) in [6.07, 6.45) is 12.9. The number of carbonyl (C=O) groups excluding carboxylic acids is 1. The molecule has 4 aliphatic carbocycles. The van der Waals surface area contributed by atoms with Crippen molar-refractivity contribution in [2.24, 2.45) is 46.3 Å². The molecule has 4 fully saturated rings. The van der Waals surface area contributed by atoms with Crippen LogP contribution in [0.1, 0.15) is 85.5 Å². The number of ketones is 1. The van der Waals surface area contributed by atoms with Crippen molar-refractivity contribution in [3.8, 4) is 0 Å². The third-order valence-corrected chi connectivity index (χ3v) is 9.36. The number of Topliss-reactive ketones (excluding diaryl/α,β-unsaturated/α-hetero) is 1. The Morgan fingerprint density at radius 1 is 0.913 bits per heavy atom. The van der Waals surface area contributed by atoms with Gasteiger partial charge in [0.2, 0.25) is 0 Å². The Morgan fingerprint density at radius 2 is 1.70 bits per heavy atom. The summed E-state index contributed by atoms with van der Waals surface area (Å²) >= 11 is 0. The minimum atomic E-state index is 0.310. The van der Waals surface area contributed by atoms with Crippen molar-refractivity contribution in [3.63, 3.8) is 0 Å². The van der Waals surface area contributed by atoms with Crippen LogP contribution in [-0.2, 0) is 4.79 Å². The molecule has 1 heteroatoms. The van der Waals surface area contributed by atoms with E-state index >= 15 is 0 Å². The number of hydrogen-bond donors (Lipinski definition) is 0. The fourth-order valence-corrected chi connectivity index (χ4v) is 8.52. The highest BCUT2D eigenvalue weighted by atomic mass is 16.1. The van der Waals surface area contributed by atoms with Crippen molar-refractivity contribution >= 4 is 5.78 Å². The lowest BCUT2D eigenvalue weighted by Gasteiger charge is -2.60. The van der Waals surface area contributed by atoms with Crippen LogP contribution in [-0.4, -0.2) is 5.78 Å². The van der Waals surface area contributed by atoms with Crippen molar-refractivity contribution in [2.75, 3.05) is 0 Å². The summed E-state index contributed by atoms with van der Waals surface area (Å²) in [4.78, 5) is 12.4. The van der Waals surface area contributed by atoms with Gasteiger partial charge in [0.1, 0.15) is 5.78 Å². The number of carbonyl (C=O) groups is 1. The van der Waals surface area contributed by atoms with Gasteiger partial charge in [-0.2, -0.15) is 0 Å². The molecule has 0 aliphatic heterocycles. The van der Waals surface area contributed by atoms with E-state index in [-0.39, 0.29) is 0 Å². The maximum absolute atomic E-state index is 12.4. The molecule has 0 spiro atoms. The Hall–Kier alpha value is -0.330. The predicted octanol–water partition coefficient (Wildman–Crippen LogP) is 5.87. The number of rotatable bonds is 1. The molecule has 0 N–H and O–H groups in total. The molecule has 0 heterocycles. The first-order valence-corrected chi connectivity index (χ1v) is 10.4. The van der Waals surface area contributed by atoms with E-state index in [1.54, 1.807) is 0 Å². The van der Waals surface area contributed by atoms with E-state index in [4.69, 9.17) is 0 Å². The van der Waals surface area contributed by atoms with Crippen molar-refractivity contribution in [3.05, 3.63) is 0 Å². The fourth-order valence-electron chi connectivity index (χ4n) is 8.52. The molecule has 0 aromatic carbocycles. The van der Waals surface area contributed by atoms with Crippen LogP contribution in [0.15, 0.2) is 0 Å². The summed E-state index contributed by atoms with van der Waals surface area (Å²) in [7, 11) is 0. The van der Waals surface area contributed by atoms with Gasteiger partial charge in [0.05, 0.1) is 0 Å². The van der Waals surface area contributed by atoms with Gasteiger partial charge in [-0.15, -0.1) is 0 Å². The van der Waals surface area contributed by atoms with Gasteiger partial charge >= 0.3 is 0 Å². The normalized spacial score (nSPS) is 55.7. The zero-order valence-corrected chi connectivity index (χ0v) is 15.7. The Bertz CT molecular complexity index is 496. The van der Waals surface area contributed by atoms with Gasteiger partial charge in [0.15, 0.2) is 0 Å². The summed E-state index contributed by atoms with van der Waals surface area (Å²) in [6, 6.07) is 0. The van der Waals surface area contributed by atoms with Gasteiger partial charge in [0.25, 0.3) is 0 Å². The van der Waals surface area contributed by atoms with E-state index < -0.39 is 0 Å². The molecule has 4 aliphatic rings. The largest absolute Gasteiger partial charge is 0.300 e. The van der Waals surface area contributed by atoms with Crippen LogP contribution in [0.2, 0.25) is 0 Å². The first kappa shape index (κ1) is 16.2. The van der Waals surface area contributed by atoms with E-state index in [2.05, 4.69) is 20.8 Å². The van der Waals surface area contributed by atoms with Gasteiger partial charge < -0.3 is 0 Å². The summed E-state index contributed by atoms with van der Waals surface area (Å²) in [6.45, 7) is 9.36. The Labute approximate surface area is 143 Å². The summed E-state index contributed by atoms with van der Waals surface area (Å²) in [5, 5.41) is 0. The third-order valence-electron chi connectivity index (χ3n) is 9.36. The highest BCUT2D eigenvalue weighted by Gasteiger charge is 2.61. The summed E-state index contributed by atoms with van der Waals surface area (Å²) in [5.41, 5.74) is 0.935. The van der Waals surface area contributed by atoms with Crippen molar-refractivity contribution in [2.45, 2.75) is 85.5 Å². The molecule has 130 valence electrons. The van der Waals surface area contributed by atoms with Crippen LogP contribution in [0, 0.1) is 46.3 Å². The van der Waals surface area contributed by atoms with Crippen LogP contribution >= 0.6 is 0 Å². The van der Waals surface area contributed by atoms with E-state index in [1.807, 2.05) is 6.92 Å². The average molecular weight is 317 g/mol. The van der Waals surface area contributed by atoms with E-state index in [0.29, 0.717) is 28.4 Å². The van der Waals surface area contributed by atoms with E-state index in [0.717, 1.165) is 23.7 Å².